The van der Waals surface area contributed by atoms with E-state index in [4.69, 9.17) is 0 Å². The second-order valence-electron chi connectivity index (χ2n) is 5.95. The number of carbonyl (C=O) groups is 1. The van der Waals surface area contributed by atoms with Gasteiger partial charge in [-0.15, -0.1) is 24.0 Å². The van der Waals surface area contributed by atoms with Gasteiger partial charge in [-0.2, -0.15) is 0 Å². The molecule has 0 atom stereocenters. The predicted molar refractivity (Wildman–Crippen MR) is 110 cm³/mol. The first-order valence-electron chi connectivity index (χ1n) is 8.56. The number of aliphatic imine (C=N–C) groups is 1. The van der Waals surface area contributed by atoms with Gasteiger partial charge in [0.2, 0.25) is 0 Å². The number of benzene rings is 1. The molecule has 0 bridgehead atoms. The lowest BCUT2D eigenvalue weighted by molar-refractivity contribution is 0.0963. The zero-order valence-corrected chi connectivity index (χ0v) is 16.9. The monoisotopic (exact) mass is 444 g/mol. The number of rotatable bonds is 8. The third kappa shape index (κ3) is 7.51. The van der Waals surface area contributed by atoms with Gasteiger partial charge in [-0.3, -0.25) is 9.79 Å². The molecule has 6 heteroatoms. The van der Waals surface area contributed by atoms with Crippen LogP contribution in [0.2, 0.25) is 0 Å². The van der Waals surface area contributed by atoms with Crippen LogP contribution >= 0.6 is 24.0 Å². The van der Waals surface area contributed by atoms with Crippen molar-refractivity contribution in [1.29, 1.82) is 0 Å². The summed E-state index contributed by atoms with van der Waals surface area (Å²) in [5, 5.41) is 9.29. The van der Waals surface area contributed by atoms with Gasteiger partial charge in [-0.1, -0.05) is 25.0 Å². The Morgan fingerprint density at radius 2 is 2.08 bits per heavy atom. The quantitative estimate of drug-likeness (QED) is 0.328. The first-order chi connectivity index (χ1) is 11.2. The molecule has 0 spiro atoms. The van der Waals surface area contributed by atoms with E-state index in [9.17, 15) is 4.79 Å². The fourth-order valence-corrected chi connectivity index (χ4v) is 2.44. The molecule has 0 heterocycles. The van der Waals surface area contributed by atoms with E-state index in [2.05, 4.69) is 27.9 Å². The molecule has 3 N–H and O–H groups in total. The number of hydrogen-bond acceptors (Lipinski definition) is 2. The summed E-state index contributed by atoms with van der Waals surface area (Å²) in [5.41, 5.74) is 1.85. The molecular weight excluding hydrogens is 415 g/mol. The first kappa shape index (κ1) is 20.7. The van der Waals surface area contributed by atoms with E-state index < -0.39 is 0 Å². The minimum Gasteiger partial charge on any atom is -0.357 e. The van der Waals surface area contributed by atoms with Crippen molar-refractivity contribution in [1.82, 2.24) is 16.0 Å². The van der Waals surface area contributed by atoms with Gasteiger partial charge in [0.05, 0.1) is 0 Å². The molecule has 1 fully saturated rings. The standard InChI is InChI=1S/C18H28N4O.HI/c1-3-20-18(21-11-9-14-7-8-14)22-12-10-15-5-4-6-16(13-15)17(23)19-2;/h4-6,13-14H,3,7-12H2,1-2H3,(H,19,23)(H2,20,21,22);1H. The Kier molecular flexibility index (Phi) is 9.75. The van der Waals surface area contributed by atoms with E-state index in [0.717, 1.165) is 43.5 Å². The SMILES string of the molecule is CCNC(=NCCC1CC1)NCCc1cccc(C(=O)NC)c1.I. The highest BCUT2D eigenvalue weighted by atomic mass is 127. The predicted octanol–water partition coefficient (Wildman–Crippen LogP) is 2.56. The Hall–Kier alpha value is -1.31. The lowest BCUT2D eigenvalue weighted by atomic mass is 10.1. The fourth-order valence-electron chi connectivity index (χ4n) is 2.44. The summed E-state index contributed by atoms with van der Waals surface area (Å²) in [6.45, 7) is 4.63. The maximum absolute atomic E-state index is 11.7. The molecule has 1 aromatic rings. The van der Waals surface area contributed by atoms with Gasteiger partial charge in [0.15, 0.2) is 5.96 Å². The molecule has 0 unspecified atom stereocenters. The number of nitrogens with one attached hydrogen (secondary N) is 3. The Bertz CT molecular complexity index is 544. The van der Waals surface area contributed by atoms with E-state index in [-0.39, 0.29) is 29.9 Å². The molecule has 0 saturated heterocycles. The second-order valence-corrected chi connectivity index (χ2v) is 5.95. The summed E-state index contributed by atoms with van der Waals surface area (Å²) in [6, 6.07) is 7.75. The van der Waals surface area contributed by atoms with E-state index >= 15 is 0 Å². The Balaban J connectivity index is 0.00000288. The Morgan fingerprint density at radius 3 is 2.75 bits per heavy atom. The number of amides is 1. The first-order valence-corrected chi connectivity index (χ1v) is 8.56. The van der Waals surface area contributed by atoms with Crippen molar-refractivity contribution in [2.45, 2.75) is 32.6 Å². The summed E-state index contributed by atoms with van der Waals surface area (Å²) >= 11 is 0. The van der Waals surface area contributed by atoms with Crippen molar-refractivity contribution in [3.63, 3.8) is 0 Å². The van der Waals surface area contributed by atoms with Crippen LogP contribution in [0, 0.1) is 5.92 Å². The lowest BCUT2D eigenvalue weighted by Gasteiger charge is -2.11. The molecular formula is C18H29IN4O. The van der Waals surface area contributed by atoms with Crippen molar-refractivity contribution in [2.75, 3.05) is 26.7 Å². The van der Waals surface area contributed by atoms with Crippen LogP contribution in [0.5, 0.6) is 0 Å². The third-order valence-corrected chi connectivity index (χ3v) is 3.97. The molecule has 0 radical (unpaired) electrons. The number of nitrogens with zero attached hydrogens (tertiary/aromatic N) is 1. The largest absolute Gasteiger partial charge is 0.357 e. The van der Waals surface area contributed by atoms with Crippen LogP contribution < -0.4 is 16.0 Å². The molecule has 5 nitrogen and oxygen atoms in total. The summed E-state index contributed by atoms with van der Waals surface area (Å²) in [7, 11) is 1.65. The van der Waals surface area contributed by atoms with Gasteiger partial charge in [0.1, 0.15) is 0 Å². The van der Waals surface area contributed by atoms with Crippen LogP contribution in [0.15, 0.2) is 29.3 Å². The number of hydrogen-bond donors (Lipinski definition) is 3. The average molecular weight is 444 g/mol. The summed E-state index contributed by atoms with van der Waals surface area (Å²) in [5.74, 6) is 1.75. The van der Waals surface area contributed by atoms with Gasteiger partial charge in [-0.05, 0) is 43.4 Å². The van der Waals surface area contributed by atoms with Gasteiger partial charge >= 0.3 is 0 Å². The Labute approximate surface area is 162 Å². The minimum absolute atomic E-state index is 0. The van der Waals surface area contributed by atoms with Crippen molar-refractivity contribution >= 4 is 35.8 Å². The summed E-state index contributed by atoms with van der Waals surface area (Å²) in [6.07, 6.45) is 4.81. The molecule has 0 aliphatic heterocycles. The maximum Gasteiger partial charge on any atom is 0.251 e. The Morgan fingerprint density at radius 1 is 1.29 bits per heavy atom. The highest BCUT2D eigenvalue weighted by molar-refractivity contribution is 14.0. The van der Waals surface area contributed by atoms with Gasteiger partial charge in [0.25, 0.3) is 5.91 Å². The molecule has 1 aromatic carbocycles. The van der Waals surface area contributed by atoms with E-state index in [1.54, 1.807) is 7.05 Å². The van der Waals surface area contributed by atoms with Gasteiger partial charge in [-0.25, -0.2) is 0 Å². The molecule has 134 valence electrons. The molecule has 1 aliphatic carbocycles. The van der Waals surface area contributed by atoms with Crippen LogP contribution in [-0.4, -0.2) is 38.5 Å². The topological polar surface area (TPSA) is 65.5 Å². The molecule has 2 rings (SSSR count). The second kappa shape index (κ2) is 11.3. The lowest BCUT2D eigenvalue weighted by Crippen LogP contribution is -2.38. The number of guanidine groups is 1. The van der Waals surface area contributed by atoms with Crippen molar-refractivity contribution in [2.24, 2.45) is 10.9 Å². The molecule has 24 heavy (non-hydrogen) atoms. The molecule has 1 amide bonds. The van der Waals surface area contributed by atoms with Crippen LogP contribution in [0.25, 0.3) is 0 Å². The van der Waals surface area contributed by atoms with E-state index in [0.29, 0.717) is 5.56 Å². The zero-order valence-electron chi connectivity index (χ0n) is 14.6. The van der Waals surface area contributed by atoms with Crippen LogP contribution in [0.3, 0.4) is 0 Å². The highest BCUT2D eigenvalue weighted by Crippen LogP contribution is 2.32. The van der Waals surface area contributed by atoms with Crippen LogP contribution in [-0.2, 0) is 6.42 Å². The van der Waals surface area contributed by atoms with E-state index in [1.807, 2.05) is 24.3 Å². The maximum atomic E-state index is 11.7. The third-order valence-electron chi connectivity index (χ3n) is 3.97. The van der Waals surface area contributed by atoms with Crippen molar-refractivity contribution in [3.05, 3.63) is 35.4 Å². The molecule has 1 aliphatic rings. The number of halogens is 1. The summed E-state index contributed by atoms with van der Waals surface area (Å²) in [4.78, 5) is 16.3. The van der Waals surface area contributed by atoms with Gasteiger partial charge in [0, 0.05) is 32.2 Å². The summed E-state index contributed by atoms with van der Waals surface area (Å²) < 4.78 is 0. The van der Waals surface area contributed by atoms with Gasteiger partial charge < -0.3 is 16.0 Å². The average Bonchev–Trinajstić information content (AvgIpc) is 3.38. The molecule has 1 saturated carbocycles. The van der Waals surface area contributed by atoms with Crippen molar-refractivity contribution < 1.29 is 4.79 Å². The zero-order chi connectivity index (χ0) is 16.5. The normalized spacial score (nSPS) is 13.8. The highest BCUT2D eigenvalue weighted by Gasteiger charge is 2.20. The molecule has 0 aromatic heterocycles. The van der Waals surface area contributed by atoms with E-state index in [1.165, 1.54) is 19.3 Å². The van der Waals surface area contributed by atoms with Crippen LogP contribution in [0.4, 0.5) is 0 Å². The van der Waals surface area contributed by atoms with Crippen molar-refractivity contribution in [3.8, 4) is 0 Å². The minimum atomic E-state index is -0.0465. The number of carbonyl (C=O) groups excluding carboxylic acids is 1. The van der Waals surface area contributed by atoms with Crippen LogP contribution in [0.1, 0.15) is 42.1 Å². The smallest absolute Gasteiger partial charge is 0.251 e. The fraction of sp³-hybridized carbons (Fsp3) is 0.556.